The van der Waals surface area contributed by atoms with E-state index < -0.39 is 59.2 Å². The van der Waals surface area contributed by atoms with Crippen LogP contribution in [-0.2, 0) is 10.9 Å². The summed E-state index contributed by atoms with van der Waals surface area (Å²) in [5.74, 6) is -6.52. The van der Waals surface area contributed by atoms with Gasteiger partial charge in [-0.2, -0.15) is 0 Å². The van der Waals surface area contributed by atoms with Gasteiger partial charge >= 0.3 is 101 Å². The number of fused-ring (bicyclic) bond motifs is 1. The molecule has 1 aromatic rings. The average molecular weight is 360 g/mol. The molecule has 8 heteroatoms. The van der Waals surface area contributed by atoms with E-state index in [0.29, 0.717) is 6.07 Å². The third-order valence-electron chi connectivity index (χ3n) is 1.80. The molecule has 0 bridgehead atoms. The first-order valence-corrected chi connectivity index (χ1v) is 7.05. The van der Waals surface area contributed by atoms with Crippen LogP contribution in [0.2, 0.25) is 0 Å². The third kappa shape index (κ3) is 1.96. The zero-order valence-corrected chi connectivity index (χ0v) is 10.4. The van der Waals surface area contributed by atoms with E-state index in [-0.39, 0.29) is 0 Å². The van der Waals surface area contributed by atoms with Gasteiger partial charge in [0, 0.05) is 0 Å². The molecule has 0 fully saturated rings. The Bertz CT molecular complexity index is 531. The van der Waals surface area contributed by atoms with Crippen molar-refractivity contribution >= 4 is 32.6 Å². The molecule has 4 nitrogen and oxygen atoms in total. The molecular weight excluding hydrogens is 356 g/mol. The summed E-state index contributed by atoms with van der Waals surface area (Å²) in [5.41, 5.74) is -0.423. The monoisotopic (exact) mass is 360 g/mol. The van der Waals surface area contributed by atoms with Crippen molar-refractivity contribution in [2.45, 2.75) is 6.92 Å². The molecule has 17 heavy (non-hydrogen) atoms. The van der Waals surface area contributed by atoms with E-state index in [2.05, 4.69) is 6.13 Å². The molecule has 0 unspecified atom stereocenters. The van der Waals surface area contributed by atoms with Crippen molar-refractivity contribution in [1.82, 2.24) is 0 Å². The molecule has 1 aromatic carbocycles. The summed E-state index contributed by atoms with van der Waals surface area (Å²) in [5, 5.41) is 0. The van der Waals surface area contributed by atoms with Crippen LogP contribution < -0.4 is 0 Å². The molecule has 0 N–H and O–H groups in total. The number of benzene rings is 1. The molecule has 0 aliphatic carbocycles. The topological polar surface area (TPSA) is 52.6 Å². The normalized spacial score (nSPS) is 15.5. The van der Waals surface area contributed by atoms with Crippen molar-refractivity contribution in [2.75, 3.05) is 0 Å². The molecule has 2 rings (SSSR count). The van der Waals surface area contributed by atoms with E-state index in [4.69, 9.17) is 0 Å². The van der Waals surface area contributed by atoms with E-state index in [1.165, 1.54) is 0 Å². The third-order valence-corrected chi connectivity index (χ3v) is 5.55. The summed E-state index contributed by atoms with van der Waals surface area (Å²) in [6.45, 7) is 1.04. The van der Waals surface area contributed by atoms with Crippen molar-refractivity contribution < 1.29 is 28.9 Å². The maximum absolute atomic E-state index is 13.4. The minimum atomic E-state index is -3.35. The van der Waals surface area contributed by atoms with E-state index in [1.807, 2.05) is 0 Å². The van der Waals surface area contributed by atoms with Gasteiger partial charge in [0.25, 0.3) is 0 Å². The van der Waals surface area contributed by atoms with Gasteiger partial charge in [-0.15, -0.1) is 0 Å². The number of rotatable bonds is 1. The number of carbonyl (C=O) groups is 2. The summed E-state index contributed by atoms with van der Waals surface area (Å²) >= 11 is -3.35. The molecule has 1 aliphatic heterocycles. The molecule has 0 atom stereocenters. The quantitative estimate of drug-likeness (QED) is 0.438. The zero-order valence-electron chi connectivity index (χ0n) is 8.22. The molecule has 0 amide bonds. The Labute approximate surface area is 101 Å². The fourth-order valence-electron chi connectivity index (χ4n) is 1.17. The second-order valence-corrected chi connectivity index (χ2v) is 6.20. The van der Waals surface area contributed by atoms with Crippen LogP contribution >= 0.6 is 20.6 Å². The van der Waals surface area contributed by atoms with E-state index in [9.17, 15) is 22.8 Å². The Morgan fingerprint density at radius 3 is 2.59 bits per heavy atom. The molecule has 0 spiro atoms. The van der Waals surface area contributed by atoms with Gasteiger partial charge < -0.3 is 0 Å². The number of hydrogen-bond acceptors (Lipinski definition) is 4. The van der Waals surface area contributed by atoms with Crippen LogP contribution in [0, 0.1) is 21.0 Å². The zero-order chi connectivity index (χ0) is 12.7. The summed E-state index contributed by atoms with van der Waals surface area (Å²) in [6, 6.07) is 0.539. The molecular formula is C9H4F3IO4. The fraction of sp³-hybridized carbons (Fsp3) is 0.111. The van der Waals surface area contributed by atoms with Gasteiger partial charge in [0.2, 0.25) is 0 Å². The van der Waals surface area contributed by atoms with Gasteiger partial charge in [-0.1, -0.05) is 0 Å². The summed E-state index contributed by atoms with van der Waals surface area (Å²) < 4.78 is 48.1. The van der Waals surface area contributed by atoms with Crippen molar-refractivity contribution in [1.29, 1.82) is 0 Å². The second-order valence-electron chi connectivity index (χ2n) is 3.00. The van der Waals surface area contributed by atoms with Crippen molar-refractivity contribution in [3.05, 3.63) is 32.7 Å². The van der Waals surface area contributed by atoms with Gasteiger partial charge in [-0.05, 0) is 0 Å². The number of carbonyl (C=O) groups excluding carboxylic acids is 2. The van der Waals surface area contributed by atoms with Crippen LogP contribution in [-0.4, -0.2) is 11.9 Å². The van der Waals surface area contributed by atoms with Gasteiger partial charge in [0.15, 0.2) is 0 Å². The molecule has 1 heterocycles. The Hall–Kier alpha value is -1.32. The van der Waals surface area contributed by atoms with Crippen LogP contribution in [0.1, 0.15) is 17.3 Å². The van der Waals surface area contributed by atoms with Gasteiger partial charge in [-0.25, -0.2) is 0 Å². The maximum atomic E-state index is 13.4. The summed E-state index contributed by atoms with van der Waals surface area (Å²) in [4.78, 5) is 22.0. The molecule has 0 saturated carbocycles. The first kappa shape index (κ1) is 12.1. The summed E-state index contributed by atoms with van der Waals surface area (Å²) in [6.07, 6.45) is 0. The van der Waals surface area contributed by atoms with Gasteiger partial charge in [0.1, 0.15) is 0 Å². The Kier molecular flexibility index (Phi) is 2.98. The van der Waals surface area contributed by atoms with Gasteiger partial charge in [0.05, 0.1) is 0 Å². The van der Waals surface area contributed by atoms with Crippen LogP contribution in [0.3, 0.4) is 0 Å². The summed E-state index contributed by atoms with van der Waals surface area (Å²) in [7, 11) is 0. The number of halogens is 4. The van der Waals surface area contributed by atoms with Crippen LogP contribution in [0.5, 0.6) is 0 Å². The minimum absolute atomic E-state index is 0.423. The van der Waals surface area contributed by atoms with E-state index >= 15 is 0 Å². The molecule has 0 aromatic heterocycles. The Morgan fingerprint density at radius 2 is 2.00 bits per heavy atom. The standard InChI is InChI=1S/C9H4F3IO4/c1-3(14)16-13-8-4(9(15)17-13)2-5(10)6(11)7(8)12/h2H,1H3. The van der Waals surface area contributed by atoms with Crippen LogP contribution in [0.4, 0.5) is 13.2 Å². The number of hydrogen-bond donors (Lipinski definition) is 0. The Morgan fingerprint density at radius 1 is 1.35 bits per heavy atom. The van der Waals surface area contributed by atoms with Crippen molar-refractivity contribution in [3.8, 4) is 0 Å². The molecule has 0 saturated heterocycles. The van der Waals surface area contributed by atoms with Gasteiger partial charge in [-0.3, -0.25) is 0 Å². The predicted octanol–water partition coefficient (Wildman–Crippen LogP) is 2.34. The van der Waals surface area contributed by atoms with Crippen LogP contribution in [0.15, 0.2) is 6.07 Å². The first-order chi connectivity index (χ1) is 7.91. The van der Waals surface area contributed by atoms with Crippen molar-refractivity contribution in [2.24, 2.45) is 0 Å². The predicted molar refractivity (Wildman–Crippen MR) is 56.2 cm³/mol. The van der Waals surface area contributed by atoms with E-state index in [0.717, 1.165) is 6.92 Å². The fourth-order valence-corrected chi connectivity index (χ4v) is 4.34. The molecule has 92 valence electrons. The molecule has 0 radical (unpaired) electrons. The SMILES string of the molecule is CC(=O)OI1OC(=O)c2cc(F)c(F)c(F)c21. The first-order valence-electron chi connectivity index (χ1n) is 4.21. The van der Waals surface area contributed by atoms with E-state index in [1.54, 1.807) is 0 Å². The molecule has 1 aliphatic rings. The second kappa shape index (κ2) is 4.17. The average Bonchev–Trinajstić information content (AvgIpc) is 2.51. The van der Waals surface area contributed by atoms with Crippen LogP contribution in [0.25, 0.3) is 0 Å². The van der Waals surface area contributed by atoms with Crippen molar-refractivity contribution in [3.63, 3.8) is 0 Å². The Balaban J connectivity index is 2.57.